The minimum atomic E-state index is -0.770. The van der Waals surface area contributed by atoms with E-state index in [9.17, 15) is 9.59 Å². The number of aliphatic carboxylic acids is 1. The van der Waals surface area contributed by atoms with Crippen LogP contribution in [0, 0.1) is 19.8 Å². The Hall–Kier alpha value is -2.04. The lowest BCUT2D eigenvalue weighted by Crippen LogP contribution is -2.33. The molecule has 2 N–H and O–H groups in total. The van der Waals surface area contributed by atoms with E-state index in [2.05, 4.69) is 5.32 Å². The first-order chi connectivity index (χ1) is 9.95. The van der Waals surface area contributed by atoms with E-state index in [4.69, 9.17) is 5.11 Å². The van der Waals surface area contributed by atoms with Gasteiger partial charge >= 0.3 is 12.0 Å². The molecule has 0 bridgehead atoms. The van der Waals surface area contributed by atoms with Crippen LogP contribution in [-0.2, 0) is 4.79 Å². The van der Waals surface area contributed by atoms with E-state index >= 15 is 0 Å². The molecule has 1 unspecified atom stereocenters. The average Bonchev–Trinajstić information content (AvgIpc) is 2.89. The van der Waals surface area contributed by atoms with Gasteiger partial charge in [0.2, 0.25) is 0 Å². The summed E-state index contributed by atoms with van der Waals surface area (Å²) in [5.41, 5.74) is 3.15. The zero-order chi connectivity index (χ0) is 15.4. The molecule has 1 saturated heterocycles. The van der Waals surface area contributed by atoms with Crippen LogP contribution in [0.1, 0.15) is 30.4 Å². The van der Waals surface area contributed by atoms with Gasteiger partial charge < -0.3 is 15.3 Å². The molecule has 2 rings (SSSR count). The van der Waals surface area contributed by atoms with Crippen LogP contribution in [0.3, 0.4) is 0 Å². The highest BCUT2D eigenvalue weighted by Crippen LogP contribution is 2.22. The summed E-state index contributed by atoms with van der Waals surface area (Å²) in [5.74, 6) is -0.473. The van der Waals surface area contributed by atoms with Crippen LogP contribution >= 0.6 is 0 Å². The molecule has 0 radical (unpaired) electrons. The van der Waals surface area contributed by atoms with E-state index in [1.165, 1.54) is 5.56 Å². The summed E-state index contributed by atoms with van der Waals surface area (Å²) in [6.07, 6.45) is 1.70. The molecular weight excluding hydrogens is 268 g/mol. The maximum atomic E-state index is 12.2. The Labute approximate surface area is 125 Å². The van der Waals surface area contributed by atoms with Crippen molar-refractivity contribution in [1.29, 1.82) is 0 Å². The van der Waals surface area contributed by atoms with Gasteiger partial charge in [-0.15, -0.1) is 0 Å². The molecule has 0 spiro atoms. The number of nitrogens with zero attached hydrogens (tertiary/aromatic N) is 1. The number of urea groups is 1. The molecule has 1 aliphatic heterocycles. The highest BCUT2D eigenvalue weighted by Gasteiger charge is 2.26. The van der Waals surface area contributed by atoms with Gasteiger partial charge in [0.15, 0.2) is 0 Å². The van der Waals surface area contributed by atoms with Crippen molar-refractivity contribution >= 4 is 17.7 Å². The Bertz CT molecular complexity index is 542. The summed E-state index contributed by atoms with van der Waals surface area (Å²) in [7, 11) is 0. The van der Waals surface area contributed by atoms with Gasteiger partial charge in [-0.2, -0.15) is 0 Å². The standard InChI is InChI=1S/C16H22N2O3/c1-11-3-5-14(9-12(11)2)17-16(21)18-8-7-13(10-18)4-6-15(19)20/h3,5,9,13H,4,6-8,10H2,1-2H3,(H,17,21)(H,19,20). The number of amides is 2. The number of likely N-dealkylation sites (tertiary alicyclic amines) is 1. The van der Waals surface area contributed by atoms with Crippen LogP contribution in [0.2, 0.25) is 0 Å². The Balaban J connectivity index is 1.86. The van der Waals surface area contributed by atoms with Crippen molar-refractivity contribution in [1.82, 2.24) is 4.90 Å². The molecule has 0 aromatic heterocycles. The Kier molecular flexibility index (Phi) is 4.83. The van der Waals surface area contributed by atoms with Crippen LogP contribution in [0.4, 0.5) is 10.5 Å². The molecule has 21 heavy (non-hydrogen) atoms. The third kappa shape index (κ3) is 4.21. The lowest BCUT2D eigenvalue weighted by Gasteiger charge is -2.17. The largest absolute Gasteiger partial charge is 0.481 e. The third-order valence-corrected chi connectivity index (χ3v) is 4.10. The average molecular weight is 290 g/mol. The van der Waals surface area contributed by atoms with Gasteiger partial charge in [0.05, 0.1) is 0 Å². The van der Waals surface area contributed by atoms with Crippen molar-refractivity contribution in [3.63, 3.8) is 0 Å². The van der Waals surface area contributed by atoms with E-state index in [1.54, 1.807) is 4.90 Å². The summed E-state index contributed by atoms with van der Waals surface area (Å²) < 4.78 is 0. The van der Waals surface area contributed by atoms with Gasteiger partial charge in [0, 0.05) is 25.2 Å². The van der Waals surface area contributed by atoms with Crippen LogP contribution in [0.5, 0.6) is 0 Å². The quantitative estimate of drug-likeness (QED) is 0.895. The van der Waals surface area contributed by atoms with Crippen molar-refractivity contribution in [2.24, 2.45) is 5.92 Å². The van der Waals surface area contributed by atoms with E-state index < -0.39 is 5.97 Å². The topological polar surface area (TPSA) is 69.6 Å². The summed E-state index contributed by atoms with van der Waals surface area (Å²) in [6, 6.07) is 5.75. The minimum absolute atomic E-state index is 0.101. The predicted octanol–water partition coefficient (Wildman–Crippen LogP) is 3.02. The molecule has 5 nitrogen and oxygen atoms in total. The summed E-state index contributed by atoms with van der Waals surface area (Å²) in [4.78, 5) is 24.5. The Morgan fingerprint density at radius 3 is 2.76 bits per heavy atom. The molecule has 1 aromatic carbocycles. The van der Waals surface area contributed by atoms with Gasteiger partial charge in [-0.25, -0.2) is 4.79 Å². The second kappa shape index (κ2) is 6.61. The van der Waals surface area contributed by atoms with Gasteiger partial charge in [-0.3, -0.25) is 4.79 Å². The third-order valence-electron chi connectivity index (χ3n) is 4.10. The van der Waals surface area contributed by atoms with Crippen LogP contribution in [0.25, 0.3) is 0 Å². The second-order valence-corrected chi connectivity index (χ2v) is 5.76. The molecule has 1 heterocycles. The van der Waals surface area contributed by atoms with Crippen molar-refractivity contribution in [2.75, 3.05) is 18.4 Å². The number of nitrogens with one attached hydrogen (secondary N) is 1. The number of carbonyl (C=O) groups excluding carboxylic acids is 1. The fraction of sp³-hybridized carbons (Fsp3) is 0.500. The highest BCUT2D eigenvalue weighted by molar-refractivity contribution is 5.89. The van der Waals surface area contributed by atoms with Crippen molar-refractivity contribution in [2.45, 2.75) is 33.1 Å². The molecule has 0 aliphatic carbocycles. The summed E-state index contributed by atoms with van der Waals surface area (Å²) in [6.45, 7) is 5.39. The Morgan fingerprint density at radius 1 is 1.33 bits per heavy atom. The van der Waals surface area contributed by atoms with E-state index in [0.29, 0.717) is 25.4 Å². The number of carbonyl (C=O) groups is 2. The second-order valence-electron chi connectivity index (χ2n) is 5.76. The van der Waals surface area contributed by atoms with Crippen LogP contribution < -0.4 is 5.32 Å². The molecule has 1 atom stereocenters. The van der Waals surface area contributed by atoms with Crippen molar-refractivity contribution in [3.8, 4) is 0 Å². The number of carboxylic acid groups (broad SMARTS) is 1. The van der Waals surface area contributed by atoms with Crippen LogP contribution in [0.15, 0.2) is 18.2 Å². The van der Waals surface area contributed by atoms with Crippen molar-refractivity contribution < 1.29 is 14.7 Å². The van der Waals surface area contributed by atoms with Crippen LogP contribution in [-0.4, -0.2) is 35.1 Å². The summed E-state index contributed by atoms with van der Waals surface area (Å²) >= 11 is 0. The minimum Gasteiger partial charge on any atom is -0.481 e. The molecule has 114 valence electrons. The number of benzene rings is 1. The zero-order valence-electron chi connectivity index (χ0n) is 12.6. The SMILES string of the molecule is Cc1ccc(NC(=O)N2CCC(CCC(=O)O)C2)cc1C. The fourth-order valence-electron chi connectivity index (χ4n) is 2.60. The number of hydrogen-bond donors (Lipinski definition) is 2. The highest BCUT2D eigenvalue weighted by atomic mass is 16.4. The van der Waals surface area contributed by atoms with Gasteiger partial charge in [0.25, 0.3) is 0 Å². The first-order valence-corrected chi connectivity index (χ1v) is 7.30. The maximum Gasteiger partial charge on any atom is 0.321 e. The maximum absolute atomic E-state index is 12.2. The number of carboxylic acids is 1. The first-order valence-electron chi connectivity index (χ1n) is 7.30. The van der Waals surface area contributed by atoms with E-state index in [-0.39, 0.29) is 12.5 Å². The monoisotopic (exact) mass is 290 g/mol. The smallest absolute Gasteiger partial charge is 0.321 e. The Morgan fingerprint density at radius 2 is 2.10 bits per heavy atom. The van der Waals surface area contributed by atoms with Gasteiger partial charge in [-0.05, 0) is 55.9 Å². The molecule has 1 aromatic rings. The van der Waals surface area contributed by atoms with E-state index in [1.807, 2.05) is 32.0 Å². The van der Waals surface area contributed by atoms with Crippen molar-refractivity contribution in [3.05, 3.63) is 29.3 Å². The first kappa shape index (κ1) is 15.4. The van der Waals surface area contributed by atoms with Gasteiger partial charge in [0.1, 0.15) is 0 Å². The molecule has 1 aliphatic rings. The number of hydrogen-bond acceptors (Lipinski definition) is 2. The molecule has 1 fully saturated rings. The fourth-order valence-corrected chi connectivity index (χ4v) is 2.60. The molecule has 2 amide bonds. The molecular formula is C16H22N2O3. The predicted molar refractivity (Wildman–Crippen MR) is 81.5 cm³/mol. The summed E-state index contributed by atoms with van der Waals surface area (Å²) in [5, 5.41) is 11.6. The molecule has 5 heteroatoms. The zero-order valence-corrected chi connectivity index (χ0v) is 12.6. The molecule has 0 saturated carbocycles. The lowest BCUT2D eigenvalue weighted by molar-refractivity contribution is -0.137. The van der Waals surface area contributed by atoms with Gasteiger partial charge in [-0.1, -0.05) is 6.07 Å². The number of anilines is 1. The van der Waals surface area contributed by atoms with E-state index in [0.717, 1.165) is 17.7 Å². The lowest BCUT2D eigenvalue weighted by atomic mass is 10.0. The number of aryl methyl sites for hydroxylation is 2. The number of rotatable bonds is 4. The normalized spacial score (nSPS) is 17.8.